The average molecular weight is 1100 g/mol. The van der Waals surface area contributed by atoms with Gasteiger partial charge in [0.05, 0.1) is 6.67 Å². The molecular formula is C86H8N4. The first kappa shape index (κ1) is 72.9. The Labute approximate surface area is 529 Å². The summed E-state index contributed by atoms with van der Waals surface area (Å²) in [4.78, 5) is 2.35. The normalized spacial score (nSPS) is 4.06. The Morgan fingerprint density at radius 3 is 0.344 bits per heavy atom. The Kier molecular flexibility index (Phi) is 59.9. The second-order valence-electron chi connectivity index (χ2n) is 10.9. The summed E-state index contributed by atoms with van der Waals surface area (Å²) in [5.74, 6) is 207. The first-order valence-corrected chi connectivity index (χ1v) is 22.4. The Bertz CT molecular complexity index is 6010. The maximum absolute atomic E-state index is 7.44. The van der Waals surface area contributed by atoms with E-state index in [0.717, 1.165) is 0 Å². The van der Waals surface area contributed by atoms with Crippen LogP contribution in [-0.4, -0.2) is 6.67 Å². The lowest BCUT2D eigenvalue weighted by Crippen LogP contribution is -1.89. The second kappa shape index (κ2) is 74.0. The van der Waals surface area contributed by atoms with Gasteiger partial charge < -0.3 is 5.73 Å². The molecule has 0 aliphatic carbocycles. The Hall–Kier alpha value is -19.2. The summed E-state index contributed by atoms with van der Waals surface area (Å²) in [5, 5.41) is 2.93. The first-order valence-electron chi connectivity index (χ1n) is 22.4. The molecule has 2 N–H and O–H groups in total. The third kappa shape index (κ3) is 75.3. The van der Waals surface area contributed by atoms with Crippen molar-refractivity contribution in [2.45, 2.75) is 6.92 Å². The number of hydrogen-bond acceptors (Lipinski definition) is 2. The molecule has 4 heteroatoms. The van der Waals surface area contributed by atoms with Crippen LogP contribution in [0.15, 0.2) is 5.11 Å². The third-order valence-electron chi connectivity index (χ3n) is 5.34. The van der Waals surface area contributed by atoms with Gasteiger partial charge in [0, 0.05) is 396 Å². The molecule has 0 bridgehead atoms. The van der Waals surface area contributed by atoms with Gasteiger partial charge in [-0.1, -0.05) is 11.0 Å². The molecule has 4 nitrogen and oxygen atoms in total. The van der Waals surface area contributed by atoms with E-state index in [9.17, 15) is 0 Å². The minimum Gasteiger partial charge on any atom is -0.325 e. The van der Waals surface area contributed by atoms with Crippen LogP contribution in [0.4, 0.5) is 0 Å². The van der Waals surface area contributed by atoms with E-state index in [1.54, 1.807) is 6.92 Å². The molecule has 0 atom stereocenters. The summed E-state index contributed by atoms with van der Waals surface area (Å²) in [6, 6.07) is 0. The van der Waals surface area contributed by atoms with Crippen molar-refractivity contribution in [3.63, 3.8) is 0 Å². The molecule has 0 saturated carbocycles. The number of nitrogens with zero attached hydrogens (tertiary/aromatic N) is 3. The van der Waals surface area contributed by atoms with Gasteiger partial charge >= 0.3 is 0 Å². The van der Waals surface area contributed by atoms with Crippen LogP contribution >= 0.6 is 0 Å². The molecule has 0 fully saturated rings. The molecule has 0 saturated heterocycles. The molecule has 0 aromatic carbocycles. The van der Waals surface area contributed by atoms with Gasteiger partial charge in [0.1, 0.15) is 0 Å². The predicted octanol–water partition coefficient (Wildman–Crippen LogP) is 0.992. The minimum absolute atomic E-state index is 0.0521. The molecule has 0 aromatic heterocycles. The van der Waals surface area contributed by atoms with Crippen molar-refractivity contribution in [3.05, 3.63) is 10.4 Å². The summed E-state index contributed by atoms with van der Waals surface area (Å²) in [6.07, 6.45) is 4.95. The lowest BCUT2D eigenvalue weighted by Gasteiger charge is -1.60. The van der Waals surface area contributed by atoms with Gasteiger partial charge in [-0.15, -0.1) is 6.42 Å². The molecule has 0 aliphatic rings. The van der Waals surface area contributed by atoms with Crippen LogP contribution in [0, 0.1) is 498 Å². The fourth-order valence-corrected chi connectivity index (χ4v) is 2.60. The van der Waals surface area contributed by atoms with Gasteiger partial charge in [0.2, 0.25) is 0 Å². The number of terminal acetylenes is 1. The summed E-state index contributed by atoms with van der Waals surface area (Å²) >= 11 is 0. The van der Waals surface area contributed by atoms with Crippen LogP contribution in [0.1, 0.15) is 6.92 Å². The molecule has 0 spiro atoms. The maximum atomic E-state index is 7.44. The fraction of sp³-hybridized carbons (Fsp3) is 0.0233. The van der Waals surface area contributed by atoms with E-state index in [2.05, 4.69) is 501 Å². The van der Waals surface area contributed by atoms with E-state index >= 15 is 0 Å². The van der Waals surface area contributed by atoms with Crippen molar-refractivity contribution in [1.82, 2.24) is 0 Å². The SMILES string of the molecule is C#CC#CC#CC#CC#CC#CC#CC#CC#CC#CC#CC#CC#CC#CC#CC#CC#CC#CC#CC#CC#CC#CC#CC#CC#CC#CC#CC#CC#CC#CC#CC#CC#CC#CC#CC#CC#CC#CC#CC#CC#CC#CC.[N-]=[N+]=NCN. The largest absolute Gasteiger partial charge is 0.325 e. The highest BCUT2D eigenvalue weighted by atomic mass is 15.2. The second-order valence-corrected chi connectivity index (χ2v) is 10.9. The standard InChI is InChI=1S/C85H4.CH4N4/c1-3-5-7-9-11-13-15-17-19-21-23-25-27-29-31-33-35-37-39-41-43-45-47-49-51-53-55-57-59-61-63-65-67-69-71-73-75-77-79-81-83-85-84-82-80-78-76-74-72-70-68-66-64-62-60-58-56-54-52-50-48-46-44-42-40-38-36-34-32-30-28-26-24-22-20-18-16-14-12-10-8-6-4-2;2-1-4-5-3/h1H,2H3;1-2H2. The third-order valence-corrected chi connectivity index (χ3v) is 5.34. The predicted molar refractivity (Wildman–Crippen MR) is 352 cm³/mol. The van der Waals surface area contributed by atoms with Crippen molar-refractivity contribution >= 4 is 0 Å². The molecule has 90 heavy (non-hydrogen) atoms. The van der Waals surface area contributed by atoms with Crippen molar-refractivity contribution in [2.24, 2.45) is 10.8 Å². The van der Waals surface area contributed by atoms with E-state index in [1.807, 2.05) is 0 Å². The quantitative estimate of drug-likeness (QED) is 0.181. The van der Waals surface area contributed by atoms with Crippen LogP contribution < -0.4 is 5.73 Å². The highest BCUT2D eigenvalue weighted by Gasteiger charge is 1.66. The summed E-state index contributed by atoms with van der Waals surface area (Å²) in [6.45, 7) is 1.74. The van der Waals surface area contributed by atoms with E-state index in [4.69, 9.17) is 17.7 Å². The van der Waals surface area contributed by atoms with E-state index in [0.29, 0.717) is 0 Å². The van der Waals surface area contributed by atoms with Crippen LogP contribution in [0.5, 0.6) is 0 Å². The molecule has 0 unspecified atom stereocenters. The summed E-state index contributed by atoms with van der Waals surface area (Å²) < 4.78 is 0. The van der Waals surface area contributed by atoms with E-state index in [1.165, 1.54) is 0 Å². The molecule has 0 radical (unpaired) electrons. The lowest BCUT2D eigenvalue weighted by molar-refractivity contribution is 1.05. The van der Waals surface area contributed by atoms with Crippen molar-refractivity contribution in [1.29, 1.82) is 0 Å². The van der Waals surface area contributed by atoms with Crippen LogP contribution in [-0.2, 0) is 0 Å². The van der Waals surface area contributed by atoms with Gasteiger partial charge in [-0.25, -0.2) is 0 Å². The summed E-state index contributed by atoms with van der Waals surface area (Å²) in [5.41, 5.74) is 12.2. The van der Waals surface area contributed by atoms with Gasteiger partial charge in [0.15, 0.2) is 0 Å². The van der Waals surface area contributed by atoms with E-state index < -0.39 is 0 Å². The zero-order valence-electron chi connectivity index (χ0n) is 45.7. The molecule has 0 aliphatic heterocycles. The van der Waals surface area contributed by atoms with Gasteiger partial charge in [0.25, 0.3) is 0 Å². The fourth-order valence-electron chi connectivity index (χ4n) is 2.60. The number of hydrogen-bond donors (Lipinski definition) is 1. The molecule has 372 valence electrons. The van der Waals surface area contributed by atoms with Gasteiger partial charge in [-0.3, -0.25) is 0 Å². The highest BCUT2D eigenvalue weighted by molar-refractivity contribution is 5.54. The smallest absolute Gasteiger partial charge is 0.0720 e. The van der Waals surface area contributed by atoms with E-state index in [-0.39, 0.29) is 6.67 Å². The van der Waals surface area contributed by atoms with Crippen molar-refractivity contribution < 1.29 is 0 Å². The molecule has 0 amide bonds. The Morgan fingerprint density at radius 2 is 0.289 bits per heavy atom. The average Bonchev–Trinajstić information content (AvgIpc) is 3.55. The van der Waals surface area contributed by atoms with Crippen molar-refractivity contribution in [3.8, 4) is 498 Å². The molecule has 0 rings (SSSR count). The maximum Gasteiger partial charge on any atom is 0.0720 e. The number of rotatable bonds is 1. The summed E-state index contributed by atoms with van der Waals surface area (Å²) in [7, 11) is 0. The lowest BCUT2D eigenvalue weighted by atomic mass is 10.4. The highest BCUT2D eigenvalue weighted by Crippen LogP contribution is 1.66. The molecule has 0 aromatic rings. The zero-order valence-corrected chi connectivity index (χ0v) is 45.7. The van der Waals surface area contributed by atoms with Crippen LogP contribution in [0.25, 0.3) is 10.4 Å². The number of nitrogens with two attached hydrogens (primary N) is 1. The van der Waals surface area contributed by atoms with Crippen molar-refractivity contribution in [2.75, 3.05) is 6.67 Å². The Balaban J connectivity index is 0. The topological polar surface area (TPSA) is 74.8 Å². The van der Waals surface area contributed by atoms with Gasteiger partial charge in [-0.05, 0) is 107 Å². The molecular weight excluding hydrogens is 1090 g/mol. The number of azide groups is 1. The zero-order chi connectivity index (χ0) is 64.8. The first-order chi connectivity index (χ1) is 44.8. The van der Waals surface area contributed by atoms with Crippen LogP contribution in [0.2, 0.25) is 0 Å². The minimum atomic E-state index is 0.0521. The monoisotopic (exact) mass is 1100 g/mol. The molecule has 0 heterocycles. The van der Waals surface area contributed by atoms with Crippen LogP contribution in [0.3, 0.4) is 0 Å². The van der Waals surface area contributed by atoms with Gasteiger partial charge in [-0.2, -0.15) is 0 Å². The Morgan fingerprint density at radius 1 is 0.200 bits per heavy atom.